The molecule has 0 saturated carbocycles. The molecule has 0 saturated heterocycles. The average Bonchev–Trinajstić information content (AvgIpc) is 2.55. The maximum Gasteiger partial charge on any atom is 0.205 e. The van der Waals surface area contributed by atoms with Crippen LogP contribution in [0.5, 0.6) is 0 Å². The molecule has 1 heterocycles. The SMILES string of the molecule is C=C(OC)C(C=CC(=N)F)=C1C=CN=C(Nc2cccc(Cl)c2)N1. The van der Waals surface area contributed by atoms with Gasteiger partial charge in [0, 0.05) is 22.5 Å². The Morgan fingerprint density at radius 3 is 2.92 bits per heavy atom. The Hall–Kier alpha value is -2.86. The third-order valence-corrected chi connectivity index (χ3v) is 3.25. The van der Waals surface area contributed by atoms with Gasteiger partial charge in [-0.25, -0.2) is 4.99 Å². The van der Waals surface area contributed by atoms with E-state index in [1.165, 1.54) is 13.2 Å². The lowest BCUT2D eigenvalue weighted by molar-refractivity contribution is 0.304. The van der Waals surface area contributed by atoms with E-state index in [-0.39, 0.29) is 0 Å². The highest BCUT2D eigenvalue weighted by atomic mass is 35.5. The number of aliphatic imine (C=N–C) groups is 1. The molecule has 24 heavy (non-hydrogen) atoms. The molecular weight excluding hydrogens is 331 g/mol. The van der Waals surface area contributed by atoms with Crippen LogP contribution >= 0.6 is 11.6 Å². The second-order valence-corrected chi connectivity index (χ2v) is 5.13. The number of nitrogens with one attached hydrogen (secondary N) is 3. The molecule has 1 aromatic carbocycles. The van der Waals surface area contributed by atoms with Gasteiger partial charge in [-0.15, -0.1) is 0 Å². The fourth-order valence-corrected chi connectivity index (χ4v) is 2.10. The van der Waals surface area contributed by atoms with Gasteiger partial charge in [0.25, 0.3) is 0 Å². The number of benzene rings is 1. The van der Waals surface area contributed by atoms with Gasteiger partial charge in [-0.1, -0.05) is 24.2 Å². The summed E-state index contributed by atoms with van der Waals surface area (Å²) >= 11 is 5.96. The molecule has 0 spiro atoms. The number of allylic oxidation sites excluding steroid dienone is 3. The van der Waals surface area contributed by atoms with Crippen LogP contribution in [-0.2, 0) is 4.74 Å². The minimum absolute atomic E-state index is 0.323. The van der Waals surface area contributed by atoms with Crippen LogP contribution in [0.25, 0.3) is 0 Å². The largest absolute Gasteiger partial charge is 0.497 e. The minimum Gasteiger partial charge on any atom is -0.497 e. The second-order valence-electron chi connectivity index (χ2n) is 4.69. The number of anilines is 1. The van der Waals surface area contributed by atoms with E-state index >= 15 is 0 Å². The monoisotopic (exact) mass is 346 g/mol. The van der Waals surface area contributed by atoms with Gasteiger partial charge in [0.2, 0.25) is 11.9 Å². The highest BCUT2D eigenvalue weighted by Gasteiger charge is 2.12. The van der Waals surface area contributed by atoms with E-state index < -0.39 is 5.97 Å². The lowest BCUT2D eigenvalue weighted by atomic mass is 10.1. The predicted molar refractivity (Wildman–Crippen MR) is 95.9 cm³/mol. The van der Waals surface area contributed by atoms with Gasteiger partial charge >= 0.3 is 0 Å². The van der Waals surface area contributed by atoms with Crippen LogP contribution < -0.4 is 10.6 Å². The van der Waals surface area contributed by atoms with E-state index in [0.29, 0.717) is 28.0 Å². The van der Waals surface area contributed by atoms with E-state index in [4.69, 9.17) is 21.7 Å². The summed E-state index contributed by atoms with van der Waals surface area (Å²) in [4.78, 5) is 4.19. The lowest BCUT2D eigenvalue weighted by Crippen LogP contribution is -2.32. The molecule has 0 fully saturated rings. The molecular formula is C17H16ClFN4O. The maximum absolute atomic E-state index is 12.7. The molecule has 1 aliphatic heterocycles. The number of ether oxygens (including phenoxy) is 1. The number of nitrogens with zero attached hydrogens (tertiary/aromatic N) is 1. The summed E-state index contributed by atoms with van der Waals surface area (Å²) in [7, 11) is 1.46. The van der Waals surface area contributed by atoms with Crippen molar-refractivity contribution < 1.29 is 9.13 Å². The van der Waals surface area contributed by atoms with E-state index in [1.807, 2.05) is 12.1 Å². The third-order valence-electron chi connectivity index (χ3n) is 3.02. The minimum atomic E-state index is -1.07. The van der Waals surface area contributed by atoms with Gasteiger partial charge in [-0.2, -0.15) is 4.39 Å². The Morgan fingerprint density at radius 1 is 1.46 bits per heavy atom. The molecule has 7 heteroatoms. The Bertz CT molecular complexity index is 781. The van der Waals surface area contributed by atoms with Crippen molar-refractivity contribution in [2.75, 3.05) is 12.4 Å². The molecule has 0 aromatic heterocycles. The molecule has 1 aromatic rings. The second kappa shape index (κ2) is 8.12. The Kier molecular flexibility index (Phi) is 5.92. The number of rotatable bonds is 5. The van der Waals surface area contributed by atoms with Crippen LogP contribution in [0.15, 0.2) is 77.3 Å². The highest BCUT2D eigenvalue weighted by molar-refractivity contribution is 6.30. The van der Waals surface area contributed by atoms with E-state index in [9.17, 15) is 4.39 Å². The predicted octanol–water partition coefficient (Wildman–Crippen LogP) is 4.14. The molecule has 0 atom stereocenters. The van der Waals surface area contributed by atoms with E-state index in [0.717, 1.165) is 11.8 Å². The van der Waals surface area contributed by atoms with Gasteiger partial charge < -0.3 is 15.4 Å². The van der Waals surface area contributed by atoms with Crippen LogP contribution in [0.1, 0.15) is 0 Å². The van der Waals surface area contributed by atoms with Gasteiger partial charge in [0.1, 0.15) is 5.76 Å². The number of hydrogen-bond acceptors (Lipinski definition) is 5. The Balaban J connectivity index is 2.25. The first-order chi connectivity index (χ1) is 11.5. The van der Waals surface area contributed by atoms with Crippen molar-refractivity contribution in [1.29, 1.82) is 5.41 Å². The van der Waals surface area contributed by atoms with E-state index in [2.05, 4.69) is 22.2 Å². The molecule has 124 valence electrons. The number of halogens is 2. The van der Waals surface area contributed by atoms with Crippen LogP contribution in [0, 0.1) is 5.41 Å². The summed E-state index contributed by atoms with van der Waals surface area (Å²) in [5.74, 6) is -0.286. The lowest BCUT2D eigenvalue weighted by Gasteiger charge is -2.18. The first-order valence-electron chi connectivity index (χ1n) is 6.93. The van der Waals surface area contributed by atoms with Crippen molar-refractivity contribution in [1.82, 2.24) is 5.32 Å². The first-order valence-corrected chi connectivity index (χ1v) is 7.31. The molecule has 5 nitrogen and oxygen atoms in total. The average molecular weight is 347 g/mol. The Morgan fingerprint density at radius 2 is 2.25 bits per heavy atom. The number of hydrogen-bond donors (Lipinski definition) is 3. The van der Waals surface area contributed by atoms with Crippen molar-refractivity contribution in [3.63, 3.8) is 0 Å². The zero-order chi connectivity index (χ0) is 17.5. The zero-order valence-electron chi connectivity index (χ0n) is 12.9. The summed E-state index contributed by atoms with van der Waals surface area (Å²) in [5, 5.41) is 13.6. The zero-order valence-corrected chi connectivity index (χ0v) is 13.7. The third kappa shape index (κ3) is 4.82. The number of methoxy groups -OCH3 is 1. The molecule has 1 aliphatic rings. The molecule has 0 aliphatic carbocycles. The van der Waals surface area contributed by atoms with Crippen molar-refractivity contribution in [3.05, 3.63) is 77.3 Å². The van der Waals surface area contributed by atoms with Gasteiger partial charge in [-0.05, 0) is 36.4 Å². The van der Waals surface area contributed by atoms with Crippen molar-refractivity contribution in [3.8, 4) is 0 Å². The van der Waals surface area contributed by atoms with Gasteiger partial charge in [0.05, 0.1) is 12.8 Å². The molecule has 3 N–H and O–H groups in total. The van der Waals surface area contributed by atoms with Crippen molar-refractivity contribution in [2.24, 2.45) is 4.99 Å². The quantitative estimate of drug-likeness (QED) is 0.554. The number of guanidine groups is 1. The molecule has 0 unspecified atom stereocenters. The first kappa shape index (κ1) is 17.5. The summed E-state index contributed by atoms with van der Waals surface area (Å²) in [5.41, 5.74) is 1.85. The van der Waals surface area contributed by atoms with Gasteiger partial charge in [0.15, 0.2) is 0 Å². The van der Waals surface area contributed by atoms with Crippen molar-refractivity contribution >= 4 is 29.2 Å². The molecule has 0 bridgehead atoms. The highest BCUT2D eigenvalue weighted by Crippen LogP contribution is 2.19. The van der Waals surface area contributed by atoms with E-state index in [1.54, 1.807) is 24.4 Å². The fourth-order valence-electron chi connectivity index (χ4n) is 1.91. The van der Waals surface area contributed by atoms with Crippen LogP contribution in [0.2, 0.25) is 5.02 Å². The molecule has 0 amide bonds. The topological polar surface area (TPSA) is 69.5 Å². The van der Waals surface area contributed by atoms with Crippen LogP contribution in [-0.4, -0.2) is 19.0 Å². The standard InChI is InChI=1S/C17H16ClFN4O/c1-11(24-2)14(6-7-16(19)20)15-8-9-21-17(23-15)22-13-5-3-4-12(18)10-13/h3-10,20H,1H2,2H3,(H2,21,22,23). The smallest absolute Gasteiger partial charge is 0.205 e. The molecule has 0 radical (unpaired) electrons. The maximum atomic E-state index is 12.7. The van der Waals surface area contributed by atoms with Gasteiger partial charge in [-0.3, -0.25) is 5.41 Å². The summed E-state index contributed by atoms with van der Waals surface area (Å²) in [6.45, 7) is 3.77. The summed E-state index contributed by atoms with van der Waals surface area (Å²) < 4.78 is 17.8. The summed E-state index contributed by atoms with van der Waals surface area (Å²) in [6.07, 6.45) is 5.69. The van der Waals surface area contributed by atoms with Crippen molar-refractivity contribution in [2.45, 2.75) is 0 Å². The fraction of sp³-hybridized carbons (Fsp3) is 0.0588. The summed E-state index contributed by atoms with van der Waals surface area (Å²) in [6, 6.07) is 7.18. The normalized spacial score (nSPS) is 15.5. The molecule has 2 rings (SSSR count). The Labute approximate surface area is 144 Å². The van der Waals surface area contributed by atoms with Crippen LogP contribution in [0.4, 0.5) is 10.1 Å². The van der Waals surface area contributed by atoms with Crippen LogP contribution in [0.3, 0.4) is 0 Å².